The molecule has 2 aliphatic heterocycles. The van der Waals surface area contributed by atoms with Gasteiger partial charge in [-0.05, 0) is 24.7 Å². The SMILES string of the molecule is CN1CCN(Cc2cccc(NC(=O)C3COCCN3)c2)CC1. The van der Waals surface area contributed by atoms with E-state index in [2.05, 4.69) is 39.6 Å². The summed E-state index contributed by atoms with van der Waals surface area (Å²) in [6.45, 7) is 7.18. The number of hydrogen-bond acceptors (Lipinski definition) is 5. The van der Waals surface area contributed by atoms with E-state index in [4.69, 9.17) is 4.74 Å². The number of carbonyl (C=O) groups excluding carboxylic acids is 1. The van der Waals surface area contributed by atoms with Crippen molar-refractivity contribution in [1.29, 1.82) is 0 Å². The van der Waals surface area contributed by atoms with Crippen LogP contribution in [-0.2, 0) is 16.1 Å². The van der Waals surface area contributed by atoms with Crippen LogP contribution in [0.5, 0.6) is 0 Å². The lowest BCUT2D eigenvalue weighted by molar-refractivity contribution is -0.120. The lowest BCUT2D eigenvalue weighted by Crippen LogP contribution is -2.48. The van der Waals surface area contributed by atoms with Crippen LogP contribution in [0.15, 0.2) is 24.3 Å². The van der Waals surface area contributed by atoms with Gasteiger partial charge in [-0.2, -0.15) is 0 Å². The van der Waals surface area contributed by atoms with Gasteiger partial charge < -0.3 is 20.3 Å². The van der Waals surface area contributed by atoms with E-state index in [9.17, 15) is 4.79 Å². The van der Waals surface area contributed by atoms with E-state index < -0.39 is 0 Å². The first-order valence-electron chi connectivity index (χ1n) is 8.32. The van der Waals surface area contributed by atoms with Gasteiger partial charge in [-0.25, -0.2) is 0 Å². The van der Waals surface area contributed by atoms with E-state index in [1.54, 1.807) is 0 Å². The summed E-state index contributed by atoms with van der Waals surface area (Å²) in [6, 6.07) is 7.88. The van der Waals surface area contributed by atoms with E-state index in [1.165, 1.54) is 5.56 Å². The maximum Gasteiger partial charge on any atom is 0.243 e. The van der Waals surface area contributed by atoms with E-state index in [0.29, 0.717) is 13.2 Å². The van der Waals surface area contributed by atoms with Gasteiger partial charge in [0.1, 0.15) is 6.04 Å². The molecule has 6 nitrogen and oxygen atoms in total. The molecule has 1 atom stereocenters. The molecule has 23 heavy (non-hydrogen) atoms. The van der Waals surface area contributed by atoms with Crippen molar-refractivity contribution >= 4 is 11.6 Å². The average molecular weight is 318 g/mol. The summed E-state index contributed by atoms with van der Waals surface area (Å²) in [4.78, 5) is 17.0. The topological polar surface area (TPSA) is 56.8 Å². The second-order valence-corrected chi connectivity index (χ2v) is 6.35. The fourth-order valence-electron chi connectivity index (χ4n) is 2.97. The van der Waals surface area contributed by atoms with Gasteiger partial charge in [0.25, 0.3) is 0 Å². The Morgan fingerprint density at radius 3 is 2.91 bits per heavy atom. The Hall–Kier alpha value is -1.47. The smallest absolute Gasteiger partial charge is 0.243 e. The molecule has 126 valence electrons. The monoisotopic (exact) mass is 318 g/mol. The lowest BCUT2D eigenvalue weighted by atomic mass is 10.1. The van der Waals surface area contributed by atoms with Crippen molar-refractivity contribution in [2.45, 2.75) is 12.6 Å². The van der Waals surface area contributed by atoms with Gasteiger partial charge in [-0.1, -0.05) is 12.1 Å². The van der Waals surface area contributed by atoms with E-state index >= 15 is 0 Å². The number of morpholine rings is 1. The molecule has 1 amide bonds. The first-order valence-corrected chi connectivity index (χ1v) is 8.32. The molecule has 0 aliphatic carbocycles. The number of piperazine rings is 1. The summed E-state index contributed by atoms with van der Waals surface area (Å²) < 4.78 is 5.34. The Bertz CT molecular complexity index is 523. The summed E-state index contributed by atoms with van der Waals surface area (Å²) >= 11 is 0. The molecule has 0 saturated carbocycles. The van der Waals surface area contributed by atoms with Gasteiger partial charge in [0, 0.05) is 45.0 Å². The molecule has 2 heterocycles. The predicted octanol–water partition coefficient (Wildman–Crippen LogP) is 0.361. The van der Waals surface area contributed by atoms with Gasteiger partial charge in [-0.15, -0.1) is 0 Å². The van der Waals surface area contributed by atoms with E-state index in [-0.39, 0.29) is 11.9 Å². The summed E-state index contributed by atoms with van der Waals surface area (Å²) in [5, 5.41) is 6.16. The third-order valence-corrected chi connectivity index (χ3v) is 4.43. The Balaban J connectivity index is 1.55. The number of rotatable bonds is 4. The quantitative estimate of drug-likeness (QED) is 0.840. The highest BCUT2D eigenvalue weighted by atomic mass is 16.5. The fourth-order valence-corrected chi connectivity index (χ4v) is 2.97. The third kappa shape index (κ3) is 4.75. The molecular weight excluding hydrogens is 292 g/mol. The van der Waals surface area contributed by atoms with Gasteiger partial charge >= 0.3 is 0 Å². The minimum atomic E-state index is -0.259. The number of likely N-dealkylation sites (N-methyl/N-ethyl adjacent to an activating group) is 1. The summed E-state index contributed by atoms with van der Waals surface area (Å²) in [5.74, 6) is -0.0264. The minimum Gasteiger partial charge on any atom is -0.378 e. The van der Waals surface area contributed by atoms with Crippen LogP contribution in [0.25, 0.3) is 0 Å². The van der Waals surface area contributed by atoms with Gasteiger partial charge in [0.05, 0.1) is 13.2 Å². The second-order valence-electron chi connectivity index (χ2n) is 6.35. The molecule has 3 rings (SSSR count). The molecule has 0 aromatic heterocycles. The number of anilines is 1. The van der Waals surface area contributed by atoms with E-state index in [0.717, 1.165) is 45.0 Å². The van der Waals surface area contributed by atoms with Gasteiger partial charge in [0.15, 0.2) is 0 Å². The molecule has 2 saturated heterocycles. The van der Waals surface area contributed by atoms with Crippen LogP contribution < -0.4 is 10.6 Å². The zero-order valence-electron chi connectivity index (χ0n) is 13.8. The van der Waals surface area contributed by atoms with E-state index in [1.807, 2.05) is 12.1 Å². The van der Waals surface area contributed by atoms with Crippen molar-refractivity contribution in [2.75, 3.05) is 58.3 Å². The maximum absolute atomic E-state index is 12.2. The highest BCUT2D eigenvalue weighted by molar-refractivity contribution is 5.95. The molecule has 2 N–H and O–H groups in total. The van der Waals surface area contributed by atoms with Crippen molar-refractivity contribution in [2.24, 2.45) is 0 Å². The van der Waals surface area contributed by atoms with Crippen LogP contribution in [0.3, 0.4) is 0 Å². The normalized spacial score (nSPS) is 23.6. The van der Waals surface area contributed by atoms with Crippen LogP contribution in [0.4, 0.5) is 5.69 Å². The Morgan fingerprint density at radius 1 is 1.35 bits per heavy atom. The van der Waals surface area contributed by atoms with Crippen LogP contribution in [0.1, 0.15) is 5.56 Å². The Labute approximate surface area is 137 Å². The summed E-state index contributed by atoms with van der Waals surface area (Å²) in [7, 11) is 2.16. The molecule has 0 spiro atoms. The highest BCUT2D eigenvalue weighted by Gasteiger charge is 2.21. The van der Waals surface area contributed by atoms with Crippen molar-refractivity contribution < 1.29 is 9.53 Å². The highest BCUT2D eigenvalue weighted by Crippen LogP contribution is 2.14. The standard InChI is InChI=1S/C17H26N4O2/c1-20-6-8-21(9-7-20)12-14-3-2-4-15(11-14)19-17(22)16-13-23-10-5-18-16/h2-4,11,16,18H,5-10,12-13H2,1H3,(H,19,22). The molecule has 2 fully saturated rings. The van der Waals surface area contributed by atoms with Crippen molar-refractivity contribution in [3.8, 4) is 0 Å². The zero-order valence-corrected chi connectivity index (χ0v) is 13.8. The zero-order chi connectivity index (χ0) is 16.1. The molecule has 2 aliphatic rings. The first kappa shape index (κ1) is 16.4. The number of nitrogens with zero attached hydrogens (tertiary/aromatic N) is 2. The average Bonchev–Trinajstić information content (AvgIpc) is 2.58. The van der Waals surface area contributed by atoms with Crippen LogP contribution in [0.2, 0.25) is 0 Å². The van der Waals surface area contributed by atoms with Crippen LogP contribution in [-0.4, -0.2) is 74.7 Å². The maximum atomic E-state index is 12.2. The van der Waals surface area contributed by atoms with Crippen molar-refractivity contribution in [3.63, 3.8) is 0 Å². The molecule has 6 heteroatoms. The largest absolute Gasteiger partial charge is 0.378 e. The Kier molecular flexibility index (Phi) is 5.61. The number of carbonyl (C=O) groups is 1. The number of benzene rings is 1. The summed E-state index contributed by atoms with van der Waals surface area (Å²) in [6.07, 6.45) is 0. The molecule has 0 bridgehead atoms. The third-order valence-electron chi connectivity index (χ3n) is 4.43. The number of nitrogens with one attached hydrogen (secondary N) is 2. The number of hydrogen-bond donors (Lipinski definition) is 2. The molecule has 1 unspecified atom stereocenters. The predicted molar refractivity (Wildman–Crippen MR) is 90.5 cm³/mol. The number of amides is 1. The molecule has 1 aromatic carbocycles. The molecular formula is C17H26N4O2. The van der Waals surface area contributed by atoms with Crippen LogP contribution in [0, 0.1) is 0 Å². The minimum absolute atomic E-state index is 0.0264. The van der Waals surface area contributed by atoms with Gasteiger partial charge in [-0.3, -0.25) is 9.69 Å². The molecule has 1 aromatic rings. The summed E-state index contributed by atoms with van der Waals surface area (Å²) in [5.41, 5.74) is 2.09. The number of ether oxygens (including phenoxy) is 1. The van der Waals surface area contributed by atoms with Crippen molar-refractivity contribution in [1.82, 2.24) is 15.1 Å². The van der Waals surface area contributed by atoms with Crippen LogP contribution >= 0.6 is 0 Å². The molecule has 0 radical (unpaired) electrons. The van der Waals surface area contributed by atoms with Gasteiger partial charge in [0.2, 0.25) is 5.91 Å². The lowest BCUT2D eigenvalue weighted by Gasteiger charge is -2.32. The fraction of sp³-hybridized carbons (Fsp3) is 0.588. The van der Waals surface area contributed by atoms with Crippen molar-refractivity contribution in [3.05, 3.63) is 29.8 Å². The first-order chi connectivity index (χ1) is 11.2. The second kappa shape index (κ2) is 7.88. The Morgan fingerprint density at radius 2 is 2.17 bits per heavy atom.